The van der Waals surface area contributed by atoms with Crippen molar-refractivity contribution >= 4 is 16.8 Å². The van der Waals surface area contributed by atoms with E-state index in [2.05, 4.69) is 24.5 Å². The van der Waals surface area contributed by atoms with E-state index >= 15 is 0 Å². The van der Waals surface area contributed by atoms with Crippen LogP contribution in [0.5, 0.6) is 0 Å². The molecule has 0 saturated heterocycles. The van der Waals surface area contributed by atoms with Crippen LogP contribution in [0.2, 0.25) is 0 Å². The molecule has 1 aliphatic rings. The standard InChI is InChI=1S/C21H20N6O2/c1-13-11-26-3-4-27(12-20(26)25-13)21(28)7-17-6-15-5-16(8-24-18(15)9-23-17)19-10-22-14(2)29-19/h5-6,8-11H,3-4,7,12H2,1-2H3. The third-order valence-corrected chi connectivity index (χ3v) is 5.14. The van der Waals surface area contributed by atoms with Crippen molar-refractivity contribution in [1.82, 2.24) is 29.4 Å². The first kappa shape index (κ1) is 17.5. The molecule has 4 aromatic heterocycles. The number of oxazole rings is 1. The van der Waals surface area contributed by atoms with Crippen molar-refractivity contribution in [2.75, 3.05) is 6.54 Å². The lowest BCUT2D eigenvalue weighted by Crippen LogP contribution is -2.39. The van der Waals surface area contributed by atoms with Crippen LogP contribution < -0.4 is 0 Å². The number of carbonyl (C=O) groups excluding carboxylic acids is 1. The molecule has 4 aromatic rings. The average Bonchev–Trinajstić information content (AvgIpc) is 3.31. The second kappa shape index (κ2) is 6.80. The van der Waals surface area contributed by atoms with Crippen molar-refractivity contribution in [3.8, 4) is 11.3 Å². The summed E-state index contributed by atoms with van der Waals surface area (Å²) in [5.74, 6) is 2.27. The fourth-order valence-corrected chi connectivity index (χ4v) is 3.68. The fourth-order valence-electron chi connectivity index (χ4n) is 3.68. The van der Waals surface area contributed by atoms with Crippen LogP contribution >= 0.6 is 0 Å². The van der Waals surface area contributed by atoms with Crippen LogP contribution in [0.3, 0.4) is 0 Å². The second-order valence-electron chi connectivity index (χ2n) is 7.32. The first-order valence-electron chi connectivity index (χ1n) is 9.53. The molecule has 0 radical (unpaired) electrons. The van der Waals surface area contributed by atoms with Gasteiger partial charge in [0.2, 0.25) is 5.91 Å². The van der Waals surface area contributed by atoms with Crippen molar-refractivity contribution in [3.05, 3.63) is 60.0 Å². The summed E-state index contributed by atoms with van der Waals surface area (Å²) in [6.45, 7) is 5.78. The molecule has 0 aliphatic carbocycles. The number of rotatable bonds is 3. The maximum absolute atomic E-state index is 12.8. The molecule has 0 saturated carbocycles. The Hall–Kier alpha value is -3.55. The van der Waals surface area contributed by atoms with Gasteiger partial charge in [-0.1, -0.05) is 0 Å². The number of hydrogen-bond donors (Lipinski definition) is 0. The highest BCUT2D eigenvalue weighted by atomic mass is 16.4. The van der Waals surface area contributed by atoms with Crippen LogP contribution in [0.15, 0.2) is 41.3 Å². The molecule has 1 amide bonds. The molecule has 146 valence electrons. The third-order valence-electron chi connectivity index (χ3n) is 5.14. The van der Waals surface area contributed by atoms with E-state index in [-0.39, 0.29) is 12.3 Å². The Kier molecular flexibility index (Phi) is 4.12. The average molecular weight is 388 g/mol. The molecule has 29 heavy (non-hydrogen) atoms. The Morgan fingerprint density at radius 1 is 1.10 bits per heavy atom. The zero-order valence-corrected chi connectivity index (χ0v) is 16.3. The summed E-state index contributed by atoms with van der Waals surface area (Å²) >= 11 is 0. The number of carbonyl (C=O) groups is 1. The van der Waals surface area contributed by atoms with Crippen LogP contribution in [0.25, 0.3) is 22.2 Å². The lowest BCUT2D eigenvalue weighted by Gasteiger charge is -2.27. The minimum atomic E-state index is 0.0544. The summed E-state index contributed by atoms with van der Waals surface area (Å²) in [6, 6.07) is 3.90. The summed E-state index contributed by atoms with van der Waals surface area (Å²) in [5, 5.41) is 0.916. The maximum Gasteiger partial charge on any atom is 0.229 e. The number of hydrogen-bond acceptors (Lipinski definition) is 6. The number of imidazole rings is 1. The van der Waals surface area contributed by atoms with E-state index in [1.165, 1.54) is 0 Å². The third kappa shape index (κ3) is 3.37. The van der Waals surface area contributed by atoms with E-state index in [1.54, 1.807) is 25.5 Å². The number of aryl methyl sites for hydroxylation is 2. The first-order valence-corrected chi connectivity index (χ1v) is 9.53. The number of fused-ring (bicyclic) bond motifs is 2. The largest absolute Gasteiger partial charge is 0.441 e. The molecule has 0 fully saturated rings. The lowest BCUT2D eigenvalue weighted by atomic mass is 10.1. The first-order chi connectivity index (χ1) is 14.0. The molecule has 0 unspecified atom stereocenters. The van der Waals surface area contributed by atoms with Gasteiger partial charge in [0.1, 0.15) is 5.82 Å². The lowest BCUT2D eigenvalue weighted by molar-refractivity contribution is -0.132. The number of nitrogens with zero attached hydrogens (tertiary/aromatic N) is 6. The van der Waals surface area contributed by atoms with E-state index in [9.17, 15) is 4.79 Å². The molecule has 0 N–H and O–H groups in total. The fraction of sp³-hybridized carbons (Fsp3) is 0.286. The van der Waals surface area contributed by atoms with Gasteiger partial charge in [-0.05, 0) is 19.1 Å². The summed E-state index contributed by atoms with van der Waals surface area (Å²) in [5.41, 5.74) is 3.33. The van der Waals surface area contributed by atoms with E-state index < -0.39 is 0 Å². The smallest absolute Gasteiger partial charge is 0.229 e. The van der Waals surface area contributed by atoms with E-state index in [0.29, 0.717) is 24.7 Å². The van der Waals surface area contributed by atoms with Crippen LogP contribution in [0.4, 0.5) is 0 Å². The Morgan fingerprint density at radius 3 is 2.83 bits per heavy atom. The van der Waals surface area contributed by atoms with Gasteiger partial charge in [0, 0.05) is 43.4 Å². The monoisotopic (exact) mass is 388 g/mol. The Bertz CT molecular complexity index is 1230. The quantitative estimate of drug-likeness (QED) is 0.536. The SMILES string of the molecule is Cc1cn2c(n1)CN(C(=O)Cc1cc3cc(-c4cnc(C)o4)cnc3cn1)CC2. The van der Waals surface area contributed by atoms with Crippen LogP contribution in [-0.4, -0.2) is 41.9 Å². The molecule has 1 aliphatic heterocycles. The van der Waals surface area contributed by atoms with Crippen molar-refractivity contribution in [2.45, 2.75) is 33.4 Å². The molecule has 5 heterocycles. The van der Waals surface area contributed by atoms with Gasteiger partial charge in [-0.3, -0.25) is 14.8 Å². The van der Waals surface area contributed by atoms with Gasteiger partial charge in [0.25, 0.3) is 0 Å². The molecule has 0 atom stereocenters. The Labute approximate surface area is 167 Å². The molecular weight excluding hydrogens is 368 g/mol. The highest BCUT2D eigenvalue weighted by Gasteiger charge is 2.22. The van der Waals surface area contributed by atoms with Crippen LogP contribution in [0.1, 0.15) is 23.1 Å². The predicted octanol–water partition coefficient (Wildman–Crippen LogP) is 2.68. The number of pyridine rings is 2. The minimum absolute atomic E-state index is 0.0544. The van der Waals surface area contributed by atoms with Gasteiger partial charge in [0.15, 0.2) is 11.7 Å². The second-order valence-corrected chi connectivity index (χ2v) is 7.32. The summed E-state index contributed by atoms with van der Waals surface area (Å²) in [6.07, 6.45) is 7.42. The van der Waals surface area contributed by atoms with Crippen molar-refractivity contribution in [2.24, 2.45) is 0 Å². The van der Waals surface area contributed by atoms with Gasteiger partial charge in [-0.2, -0.15) is 0 Å². The zero-order valence-electron chi connectivity index (χ0n) is 16.3. The van der Waals surface area contributed by atoms with Gasteiger partial charge < -0.3 is 13.9 Å². The van der Waals surface area contributed by atoms with E-state index in [4.69, 9.17) is 4.42 Å². The zero-order chi connectivity index (χ0) is 20.0. The molecule has 5 rings (SSSR count). The maximum atomic E-state index is 12.8. The molecule has 8 heteroatoms. The number of aromatic nitrogens is 5. The van der Waals surface area contributed by atoms with Gasteiger partial charge >= 0.3 is 0 Å². The Balaban J connectivity index is 1.36. The summed E-state index contributed by atoms with van der Waals surface area (Å²) < 4.78 is 7.70. The topological polar surface area (TPSA) is 89.9 Å². The van der Waals surface area contributed by atoms with Crippen molar-refractivity contribution < 1.29 is 9.21 Å². The highest BCUT2D eigenvalue weighted by Crippen LogP contribution is 2.24. The molecular formula is C21H20N6O2. The molecule has 0 bridgehead atoms. The van der Waals surface area contributed by atoms with E-state index in [0.717, 1.165) is 40.2 Å². The predicted molar refractivity (Wildman–Crippen MR) is 106 cm³/mol. The molecule has 8 nitrogen and oxygen atoms in total. The summed E-state index contributed by atoms with van der Waals surface area (Å²) in [7, 11) is 0. The molecule has 0 aromatic carbocycles. The normalized spacial score (nSPS) is 13.7. The van der Waals surface area contributed by atoms with Crippen LogP contribution in [-0.2, 0) is 24.3 Å². The van der Waals surface area contributed by atoms with Crippen LogP contribution in [0, 0.1) is 13.8 Å². The van der Waals surface area contributed by atoms with Gasteiger partial charge in [-0.25, -0.2) is 9.97 Å². The summed E-state index contributed by atoms with van der Waals surface area (Å²) in [4.78, 5) is 32.2. The van der Waals surface area contributed by atoms with Gasteiger partial charge in [0.05, 0.1) is 42.3 Å². The number of amides is 1. The highest BCUT2D eigenvalue weighted by molar-refractivity contribution is 5.84. The van der Waals surface area contributed by atoms with E-state index in [1.807, 2.05) is 30.2 Å². The minimum Gasteiger partial charge on any atom is -0.441 e. The van der Waals surface area contributed by atoms with Crippen molar-refractivity contribution in [1.29, 1.82) is 0 Å². The van der Waals surface area contributed by atoms with Crippen molar-refractivity contribution in [3.63, 3.8) is 0 Å². The Morgan fingerprint density at radius 2 is 2.00 bits per heavy atom. The molecule has 0 spiro atoms. The van der Waals surface area contributed by atoms with Gasteiger partial charge in [-0.15, -0.1) is 0 Å².